The molecule has 0 saturated carbocycles. The molecule has 0 aromatic heterocycles. The maximum absolute atomic E-state index is 13.7. The number of benzene rings is 2. The highest BCUT2D eigenvalue weighted by Crippen LogP contribution is 2.33. The van der Waals surface area contributed by atoms with Crippen LogP contribution in [0.5, 0.6) is 5.75 Å². The van der Waals surface area contributed by atoms with E-state index in [0.29, 0.717) is 0 Å². The van der Waals surface area contributed by atoms with Crippen molar-refractivity contribution in [2.75, 3.05) is 0 Å². The minimum absolute atomic E-state index is 0.124. The number of ether oxygens (including phenoxy) is 1. The van der Waals surface area contributed by atoms with Gasteiger partial charge < -0.3 is 4.74 Å². The SMILES string of the molecule is Cc1ccc2c(F)c(OC(F)(F)F)c(F)cc2c1. The molecular formula is C12H7F5O. The zero-order valence-corrected chi connectivity index (χ0v) is 9.11. The fourth-order valence-corrected chi connectivity index (χ4v) is 1.64. The molecule has 0 spiro atoms. The van der Waals surface area contributed by atoms with Crippen LogP contribution in [0.25, 0.3) is 10.8 Å². The molecule has 2 aromatic carbocycles. The van der Waals surface area contributed by atoms with Gasteiger partial charge in [0, 0.05) is 5.39 Å². The van der Waals surface area contributed by atoms with Crippen LogP contribution >= 0.6 is 0 Å². The van der Waals surface area contributed by atoms with Crippen LogP contribution in [0.3, 0.4) is 0 Å². The number of alkyl halides is 3. The summed E-state index contributed by atoms with van der Waals surface area (Å²) in [5, 5.41) is 0.0563. The fourth-order valence-electron chi connectivity index (χ4n) is 1.64. The Hall–Kier alpha value is -1.85. The van der Waals surface area contributed by atoms with Crippen molar-refractivity contribution < 1.29 is 26.7 Å². The molecule has 0 atom stereocenters. The summed E-state index contributed by atoms with van der Waals surface area (Å²) in [6.45, 7) is 1.70. The molecule has 0 aliphatic heterocycles. The third kappa shape index (κ3) is 2.37. The summed E-state index contributed by atoms with van der Waals surface area (Å²) in [7, 11) is 0. The normalized spacial score (nSPS) is 11.9. The molecular weight excluding hydrogens is 255 g/mol. The van der Waals surface area contributed by atoms with E-state index < -0.39 is 23.7 Å². The molecule has 0 radical (unpaired) electrons. The van der Waals surface area contributed by atoms with Gasteiger partial charge in [-0.15, -0.1) is 13.2 Å². The molecule has 0 amide bonds. The Bertz CT molecular complexity index is 603. The molecule has 0 saturated heterocycles. The van der Waals surface area contributed by atoms with Crippen LogP contribution in [0.2, 0.25) is 0 Å². The van der Waals surface area contributed by atoms with Gasteiger partial charge in [-0.3, -0.25) is 0 Å². The second-order valence-electron chi connectivity index (χ2n) is 3.77. The van der Waals surface area contributed by atoms with Crippen LogP contribution in [0.4, 0.5) is 22.0 Å². The highest BCUT2D eigenvalue weighted by atomic mass is 19.4. The fraction of sp³-hybridized carbons (Fsp3) is 0.167. The lowest BCUT2D eigenvalue weighted by Gasteiger charge is -2.12. The summed E-state index contributed by atoms with van der Waals surface area (Å²) >= 11 is 0. The average Bonchev–Trinajstić information content (AvgIpc) is 2.22. The standard InChI is InChI=1S/C12H7F5O/c1-6-2-3-8-7(4-6)5-9(13)11(10(8)14)18-12(15,16)17/h2-5H,1H3. The van der Waals surface area contributed by atoms with Gasteiger partial charge >= 0.3 is 6.36 Å². The molecule has 0 N–H and O–H groups in total. The molecule has 0 aliphatic carbocycles. The van der Waals surface area contributed by atoms with Crippen molar-refractivity contribution in [3.05, 3.63) is 41.5 Å². The van der Waals surface area contributed by atoms with Gasteiger partial charge in [0.2, 0.25) is 5.75 Å². The maximum Gasteiger partial charge on any atom is 0.573 e. The molecule has 6 heteroatoms. The summed E-state index contributed by atoms with van der Waals surface area (Å²) in [6.07, 6.45) is -5.14. The van der Waals surface area contributed by atoms with Gasteiger partial charge in [-0.1, -0.05) is 23.8 Å². The molecule has 0 unspecified atom stereocenters. The number of hydrogen-bond donors (Lipinski definition) is 0. The van der Waals surface area contributed by atoms with E-state index in [1.165, 1.54) is 18.2 Å². The van der Waals surface area contributed by atoms with Gasteiger partial charge in [0.15, 0.2) is 11.6 Å². The number of hydrogen-bond acceptors (Lipinski definition) is 1. The molecule has 1 nitrogen and oxygen atoms in total. The molecule has 2 aromatic rings. The van der Waals surface area contributed by atoms with Crippen LogP contribution < -0.4 is 4.74 Å². The Kier molecular flexibility index (Phi) is 2.88. The second kappa shape index (κ2) is 4.12. The molecule has 0 aliphatic rings. The third-order valence-electron chi connectivity index (χ3n) is 2.36. The minimum Gasteiger partial charge on any atom is -0.399 e. The van der Waals surface area contributed by atoms with Crippen LogP contribution in [-0.4, -0.2) is 6.36 Å². The number of fused-ring (bicyclic) bond motifs is 1. The van der Waals surface area contributed by atoms with Gasteiger partial charge in [-0.25, -0.2) is 8.78 Å². The summed E-state index contributed by atoms with van der Waals surface area (Å²) in [5.41, 5.74) is 0.741. The predicted octanol–water partition coefficient (Wildman–Crippen LogP) is 4.33. The monoisotopic (exact) mass is 262 g/mol. The minimum atomic E-state index is -5.14. The first-order chi connectivity index (χ1) is 8.28. The Morgan fingerprint density at radius 3 is 2.33 bits per heavy atom. The lowest BCUT2D eigenvalue weighted by Crippen LogP contribution is -2.19. The Balaban J connectivity index is 2.65. The lowest BCUT2D eigenvalue weighted by molar-refractivity contribution is -0.276. The van der Waals surface area contributed by atoms with Gasteiger partial charge in [-0.05, 0) is 18.4 Å². The van der Waals surface area contributed by atoms with E-state index >= 15 is 0 Å². The highest BCUT2D eigenvalue weighted by Gasteiger charge is 2.34. The Morgan fingerprint density at radius 2 is 1.72 bits per heavy atom. The van der Waals surface area contributed by atoms with Gasteiger partial charge in [-0.2, -0.15) is 0 Å². The molecule has 96 valence electrons. The van der Waals surface area contributed by atoms with Gasteiger partial charge in [0.05, 0.1) is 0 Å². The van der Waals surface area contributed by atoms with Crippen molar-refractivity contribution in [1.82, 2.24) is 0 Å². The van der Waals surface area contributed by atoms with Crippen molar-refractivity contribution >= 4 is 10.8 Å². The summed E-state index contributed by atoms with van der Waals surface area (Å²) in [6, 6.07) is 5.08. The van der Waals surface area contributed by atoms with Gasteiger partial charge in [0.1, 0.15) is 0 Å². The van der Waals surface area contributed by atoms with Crippen molar-refractivity contribution in [3.63, 3.8) is 0 Å². The van der Waals surface area contributed by atoms with Crippen molar-refractivity contribution in [1.29, 1.82) is 0 Å². The first kappa shape index (κ1) is 12.6. The number of halogens is 5. The molecule has 2 rings (SSSR count). The largest absolute Gasteiger partial charge is 0.573 e. The van der Waals surface area contributed by atoms with E-state index in [9.17, 15) is 22.0 Å². The number of rotatable bonds is 1. The summed E-state index contributed by atoms with van der Waals surface area (Å²) in [4.78, 5) is 0. The van der Waals surface area contributed by atoms with E-state index in [4.69, 9.17) is 0 Å². The summed E-state index contributed by atoms with van der Waals surface area (Å²) in [5.74, 6) is -4.18. The molecule has 0 fully saturated rings. The highest BCUT2D eigenvalue weighted by molar-refractivity contribution is 5.85. The zero-order chi connectivity index (χ0) is 13.5. The van der Waals surface area contributed by atoms with Crippen LogP contribution in [0.1, 0.15) is 5.56 Å². The first-order valence-electron chi connectivity index (χ1n) is 4.92. The zero-order valence-electron chi connectivity index (χ0n) is 9.11. The third-order valence-corrected chi connectivity index (χ3v) is 2.36. The predicted molar refractivity (Wildman–Crippen MR) is 55.3 cm³/mol. The second-order valence-corrected chi connectivity index (χ2v) is 3.77. The van der Waals surface area contributed by atoms with E-state index in [0.717, 1.165) is 11.6 Å². The maximum atomic E-state index is 13.7. The van der Waals surface area contributed by atoms with E-state index in [1.807, 2.05) is 0 Å². The van der Waals surface area contributed by atoms with Crippen LogP contribution in [0, 0.1) is 18.6 Å². The quantitative estimate of drug-likeness (QED) is 0.695. The van der Waals surface area contributed by atoms with Crippen LogP contribution in [-0.2, 0) is 0 Å². The van der Waals surface area contributed by atoms with Crippen molar-refractivity contribution in [3.8, 4) is 5.75 Å². The van der Waals surface area contributed by atoms with E-state index in [2.05, 4.69) is 4.74 Å². The number of aryl methyl sites for hydroxylation is 1. The lowest BCUT2D eigenvalue weighted by atomic mass is 10.1. The summed E-state index contributed by atoms with van der Waals surface area (Å²) < 4.78 is 66.5. The first-order valence-corrected chi connectivity index (χ1v) is 4.92. The Morgan fingerprint density at radius 1 is 1.06 bits per heavy atom. The van der Waals surface area contributed by atoms with Crippen molar-refractivity contribution in [2.24, 2.45) is 0 Å². The molecule has 0 bridgehead atoms. The average molecular weight is 262 g/mol. The van der Waals surface area contributed by atoms with Crippen molar-refractivity contribution in [2.45, 2.75) is 13.3 Å². The van der Waals surface area contributed by atoms with E-state index in [1.54, 1.807) is 6.92 Å². The van der Waals surface area contributed by atoms with E-state index in [-0.39, 0.29) is 10.8 Å². The Labute approximate surface area is 98.8 Å². The topological polar surface area (TPSA) is 9.23 Å². The van der Waals surface area contributed by atoms with Crippen LogP contribution in [0.15, 0.2) is 24.3 Å². The molecule has 0 heterocycles. The smallest absolute Gasteiger partial charge is 0.399 e. The molecule has 18 heavy (non-hydrogen) atoms. The van der Waals surface area contributed by atoms with Gasteiger partial charge in [0.25, 0.3) is 0 Å².